The van der Waals surface area contributed by atoms with Gasteiger partial charge in [-0.2, -0.15) is 0 Å². The van der Waals surface area contributed by atoms with Crippen LogP contribution in [0.1, 0.15) is 36.8 Å². The first-order chi connectivity index (χ1) is 18.1. The lowest BCUT2D eigenvalue weighted by Gasteiger charge is -2.16. The molecule has 0 saturated heterocycles. The fraction of sp³-hybridized carbons (Fsp3) is 0.185. The molecule has 0 aliphatic carbocycles. The predicted molar refractivity (Wildman–Crippen MR) is 145 cm³/mol. The van der Waals surface area contributed by atoms with E-state index in [0.29, 0.717) is 29.5 Å². The minimum absolute atomic E-state index is 0. The molecule has 200 valence electrons. The topological polar surface area (TPSA) is 140 Å². The number of H-pyrrole nitrogens is 1. The second-order valence-electron chi connectivity index (χ2n) is 8.50. The molecule has 0 aliphatic heterocycles. The van der Waals surface area contributed by atoms with Crippen LogP contribution < -0.4 is 19.8 Å². The van der Waals surface area contributed by atoms with Gasteiger partial charge in [-0.3, -0.25) is 9.59 Å². The number of benzene rings is 1. The van der Waals surface area contributed by atoms with E-state index in [9.17, 15) is 18.0 Å². The maximum absolute atomic E-state index is 13.2. The summed E-state index contributed by atoms with van der Waals surface area (Å²) < 4.78 is 39.0. The molecular weight excluding hydrogens is 508 g/mol. The van der Waals surface area contributed by atoms with Crippen molar-refractivity contribution in [2.24, 2.45) is 0 Å². The van der Waals surface area contributed by atoms with Gasteiger partial charge in [-0.05, 0) is 69.2 Å². The normalized spacial score (nSPS) is 11.2. The molecule has 1 aromatic carbocycles. The first-order valence-electron chi connectivity index (χ1n) is 11.7. The van der Waals surface area contributed by atoms with Gasteiger partial charge in [-0.25, -0.2) is 23.1 Å². The van der Waals surface area contributed by atoms with Crippen LogP contribution in [0.4, 0.5) is 0 Å². The Hall–Kier alpha value is -4.51. The van der Waals surface area contributed by atoms with Crippen LogP contribution in [0.5, 0.6) is 17.5 Å². The molecule has 0 aliphatic rings. The number of carbonyl (C=O) groups excluding carboxylic acids is 1. The van der Waals surface area contributed by atoms with Gasteiger partial charge in [0.15, 0.2) is 4.90 Å². The molecule has 3 heterocycles. The lowest BCUT2D eigenvalue weighted by atomic mass is 10.1. The third kappa shape index (κ3) is 5.73. The Kier molecular flexibility index (Phi) is 7.58. The van der Waals surface area contributed by atoms with Gasteiger partial charge in [0.05, 0.1) is 12.3 Å². The third-order valence-electron chi connectivity index (χ3n) is 5.53. The highest BCUT2D eigenvalue weighted by atomic mass is 32.2. The number of aromatic amines is 1. The molecule has 11 heteroatoms. The maximum Gasteiger partial charge on any atom is 0.270 e. The van der Waals surface area contributed by atoms with Crippen LogP contribution in [0.3, 0.4) is 0 Å². The summed E-state index contributed by atoms with van der Waals surface area (Å²) in [6.45, 7) is 8.01. The zero-order valence-electron chi connectivity index (χ0n) is 21.2. The Morgan fingerprint density at radius 2 is 1.82 bits per heavy atom. The van der Waals surface area contributed by atoms with Gasteiger partial charge in [0, 0.05) is 26.9 Å². The molecule has 4 rings (SSSR count). The Bertz CT molecular complexity index is 1650. The number of aryl methyl sites for hydroxylation is 3. The van der Waals surface area contributed by atoms with Crippen molar-refractivity contribution in [1.82, 2.24) is 19.7 Å². The van der Waals surface area contributed by atoms with Crippen LogP contribution in [-0.2, 0) is 10.0 Å². The zero-order valence-corrected chi connectivity index (χ0v) is 22.0. The lowest BCUT2D eigenvalue weighted by molar-refractivity contribution is 0.0978. The number of carbonyl (C=O) groups is 1. The minimum Gasteiger partial charge on any atom is -0.478 e. The second kappa shape index (κ2) is 10.9. The van der Waals surface area contributed by atoms with Crippen LogP contribution in [-0.4, -0.2) is 35.9 Å². The van der Waals surface area contributed by atoms with E-state index in [0.717, 1.165) is 22.8 Å². The number of hydrogen-bond acceptors (Lipinski definition) is 8. The molecule has 4 aromatic rings. The standard InChI is InChI=1S/C27H26N4O6S.2H2/c1-5-36-23-11-8-19(15-29-23)21-10-9-20(25(32)31-38(34,35)22-7-6-12-28-26(22)33)27(30-21)37-24-17(3)13-16(2)14-18(24)4;;/h6-15H,5H2,1-4H3,(H,28,33)(H,31,32);2*1H. The summed E-state index contributed by atoms with van der Waals surface area (Å²) in [6, 6.07) is 12.7. The van der Waals surface area contributed by atoms with E-state index in [-0.39, 0.29) is 14.3 Å². The molecule has 2 N–H and O–H groups in total. The summed E-state index contributed by atoms with van der Waals surface area (Å²) in [5, 5.41) is 0. The highest BCUT2D eigenvalue weighted by Gasteiger charge is 2.25. The van der Waals surface area contributed by atoms with Crippen molar-refractivity contribution < 1.29 is 25.5 Å². The quantitative estimate of drug-likeness (QED) is 0.333. The Labute approximate surface area is 222 Å². The molecule has 0 fully saturated rings. The van der Waals surface area contributed by atoms with E-state index >= 15 is 0 Å². The van der Waals surface area contributed by atoms with Crippen molar-refractivity contribution >= 4 is 15.9 Å². The van der Waals surface area contributed by atoms with Gasteiger partial charge in [0.2, 0.25) is 11.8 Å². The molecule has 0 saturated carbocycles. The molecule has 0 radical (unpaired) electrons. The lowest BCUT2D eigenvalue weighted by Crippen LogP contribution is -2.34. The predicted octanol–water partition coefficient (Wildman–Crippen LogP) is 4.56. The molecule has 0 bridgehead atoms. The Morgan fingerprint density at radius 1 is 1.08 bits per heavy atom. The SMILES string of the molecule is CCOc1ccc(-c2ccc(C(=O)NS(=O)(=O)c3ccc[nH]c3=O)c(Oc3c(C)cc(C)cc3C)n2)cn1.[HH].[HH]. The highest BCUT2D eigenvalue weighted by Crippen LogP contribution is 2.32. The average molecular weight is 539 g/mol. The van der Waals surface area contributed by atoms with Crippen LogP contribution in [0, 0.1) is 20.8 Å². The number of aromatic nitrogens is 3. The summed E-state index contributed by atoms with van der Waals surface area (Å²) in [7, 11) is -4.47. The number of amides is 1. The van der Waals surface area contributed by atoms with Crippen molar-refractivity contribution in [3.8, 4) is 28.8 Å². The van der Waals surface area contributed by atoms with Gasteiger partial charge in [-0.1, -0.05) is 17.7 Å². The van der Waals surface area contributed by atoms with Crippen molar-refractivity contribution in [2.45, 2.75) is 32.6 Å². The van der Waals surface area contributed by atoms with Gasteiger partial charge < -0.3 is 14.5 Å². The van der Waals surface area contributed by atoms with Crippen molar-refractivity contribution in [3.63, 3.8) is 0 Å². The fourth-order valence-electron chi connectivity index (χ4n) is 3.89. The summed E-state index contributed by atoms with van der Waals surface area (Å²) in [5.41, 5.74) is 2.74. The van der Waals surface area contributed by atoms with Gasteiger partial charge in [-0.15, -0.1) is 0 Å². The number of pyridine rings is 3. The highest BCUT2D eigenvalue weighted by molar-refractivity contribution is 7.90. The molecule has 0 unspecified atom stereocenters. The van der Waals surface area contributed by atoms with Crippen molar-refractivity contribution in [1.29, 1.82) is 0 Å². The molecule has 1 amide bonds. The molecule has 0 atom stereocenters. The van der Waals surface area contributed by atoms with Crippen LogP contribution >= 0.6 is 0 Å². The number of ether oxygens (including phenoxy) is 2. The third-order valence-corrected chi connectivity index (χ3v) is 6.89. The Balaban J connectivity index is 0.00000280. The zero-order chi connectivity index (χ0) is 27.4. The van der Waals surface area contributed by atoms with E-state index in [4.69, 9.17) is 9.47 Å². The smallest absolute Gasteiger partial charge is 0.270 e. The molecule has 38 heavy (non-hydrogen) atoms. The van der Waals surface area contributed by atoms with Crippen molar-refractivity contribution in [2.75, 3.05) is 6.61 Å². The second-order valence-corrected chi connectivity index (χ2v) is 10.1. The molecule has 10 nitrogen and oxygen atoms in total. The maximum atomic E-state index is 13.2. The van der Waals surface area contributed by atoms with Crippen molar-refractivity contribution in [3.05, 3.63) is 93.5 Å². The van der Waals surface area contributed by atoms with Crippen LogP contribution in [0.15, 0.2) is 70.6 Å². The summed E-state index contributed by atoms with van der Waals surface area (Å²) >= 11 is 0. The largest absolute Gasteiger partial charge is 0.478 e. The van der Waals surface area contributed by atoms with Gasteiger partial charge >= 0.3 is 0 Å². The minimum atomic E-state index is -4.47. The van der Waals surface area contributed by atoms with E-state index < -0.39 is 26.4 Å². The summed E-state index contributed by atoms with van der Waals surface area (Å²) in [6.07, 6.45) is 2.87. The number of nitrogens with one attached hydrogen (secondary N) is 2. The van der Waals surface area contributed by atoms with E-state index in [1.54, 1.807) is 24.4 Å². The first kappa shape index (κ1) is 26.6. The van der Waals surface area contributed by atoms with Gasteiger partial charge in [0.1, 0.15) is 11.3 Å². The summed E-state index contributed by atoms with van der Waals surface area (Å²) in [5.74, 6) is -0.173. The number of sulfonamides is 1. The molecule has 0 spiro atoms. The van der Waals surface area contributed by atoms with E-state index in [1.165, 1.54) is 18.3 Å². The number of nitrogens with zero attached hydrogens (tertiary/aromatic N) is 2. The first-order valence-corrected chi connectivity index (χ1v) is 13.2. The molecule has 3 aromatic heterocycles. The average Bonchev–Trinajstić information content (AvgIpc) is 2.86. The van der Waals surface area contributed by atoms with Crippen LogP contribution in [0.2, 0.25) is 0 Å². The Morgan fingerprint density at radius 3 is 2.45 bits per heavy atom. The monoisotopic (exact) mass is 538 g/mol. The number of rotatable bonds is 8. The van der Waals surface area contributed by atoms with Gasteiger partial charge in [0.25, 0.3) is 21.5 Å². The van der Waals surface area contributed by atoms with E-state index in [1.807, 2.05) is 44.5 Å². The number of hydrogen-bond donors (Lipinski definition) is 2. The molecular formula is C27H30N4O6S. The fourth-order valence-corrected chi connectivity index (χ4v) is 4.92. The van der Waals surface area contributed by atoms with E-state index in [2.05, 4.69) is 15.0 Å². The van der Waals surface area contributed by atoms with Crippen LogP contribution in [0.25, 0.3) is 11.3 Å². The summed E-state index contributed by atoms with van der Waals surface area (Å²) in [4.78, 5) is 35.7.